The number of rotatable bonds is 3. The number of benzene rings is 1. The van der Waals surface area contributed by atoms with E-state index in [4.69, 9.17) is 5.11 Å². The molecule has 0 aromatic heterocycles. The molecule has 8 heteroatoms. The molecule has 0 heterocycles. The van der Waals surface area contributed by atoms with Gasteiger partial charge in [-0.05, 0) is 28.1 Å². The van der Waals surface area contributed by atoms with Crippen LogP contribution < -0.4 is 4.74 Å². The summed E-state index contributed by atoms with van der Waals surface area (Å²) >= 11 is 2.91. The Morgan fingerprint density at radius 1 is 1.50 bits per heavy atom. The van der Waals surface area contributed by atoms with Gasteiger partial charge in [-0.1, -0.05) is 0 Å². The molecule has 16 heavy (non-hydrogen) atoms. The van der Waals surface area contributed by atoms with Crippen molar-refractivity contribution in [3.8, 4) is 5.75 Å². The average molecular weight is 313 g/mol. The van der Waals surface area contributed by atoms with Crippen LogP contribution >= 0.6 is 15.9 Å². The number of methoxy groups -OCH3 is 1. The summed E-state index contributed by atoms with van der Waals surface area (Å²) in [5, 5.41) is 8.73. The number of aromatic carboxylic acids is 1. The van der Waals surface area contributed by atoms with Gasteiger partial charge < -0.3 is 9.84 Å². The molecule has 0 spiro atoms. The first-order chi connectivity index (χ1) is 7.27. The average Bonchev–Trinajstić information content (AvgIpc) is 2.14. The summed E-state index contributed by atoms with van der Waals surface area (Å²) in [4.78, 5) is 9.90. The molecule has 0 aliphatic heterocycles. The largest absolute Gasteiger partial charge is 0.495 e. The van der Waals surface area contributed by atoms with Gasteiger partial charge in [-0.25, -0.2) is 4.79 Å². The normalized spacial score (nSPS) is 11.2. The van der Waals surface area contributed by atoms with Crippen molar-refractivity contribution < 1.29 is 26.9 Å². The summed E-state index contributed by atoms with van der Waals surface area (Å²) < 4.78 is 39.1. The van der Waals surface area contributed by atoms with Crippen LogP contribution in [-0.2, 0) is 10.2 Å². The third-order valence-corrected chi connectivity index (χ3v) is 3.25. The Hall–Kier alpha value is -1.15. The van der Waals surface area contributed by atoms with E-state index in [0.717, 1.165) is 13.2 Å². The second-order valence-electron chi connectivity index (χ2n) is 2.73. The Bertz CT molecular complexity index is 540. The van der Waals surface area contributed by atoms with Crippen molar-refractivity contribution in [2.24, 2.45) is 0 Å². The number of carboxylic acids is 1. The first kappa shape index (κ1) is 12.9. The highest BCUT2D eigenvalue weighted by Gasteiger charge is 2.22. The van der Waals surface area contributed by atoms with Crippen molar-refractivity contribution in [3.05, 3.63) is 22.2 Å². The molecule has 0 amide bonds. The molecule has 0 saturated carbocycles. The summed E-state index contributed by atoms with van der Waals surface area (Å²) in [6.45, 7) is 0. The quantitative estimate of drug-likeness (QED) is 0.861. The van der Waals surface area contributed by atoms with E-state index < -0.39 is 21.1 Å². The first-order valence-corrected chi connectivity index (χ1v) is 6.00. The van der Waals surface area contributed by atoms with Gasteiger partial charge in [-0.3, -0.25) is 0 Å². The molecule has 1 aromatic carbocycles. The van der Waals surface area contributed by atoms with Crippen molar-refractivity contribution in [2.45, 2.75) is 4.90 Å². The van der Waals surface area contributed by atoms with Crippen LogP contribution in [0.25, 0.3) is 0 Å². The van der Waals surface area contributed by atoms with Crippen LogP contribution in [0.2, 0.25) is 0 Å². The van der Waals surface area contributed by atoms with Crippen LogP contribution in [0.4, 0.5) is 3.89 Å². The van der Waals surface area contributed by atoms with E-state index in [0.29, 0.717) is 6.07 Å². The number of halogens is 2. The Labute approximate surface area is 99.2 Å². The fraction of sp³-hybridized carbons (Fsp3) is 0.125. The second kappa shape index (κ2) is 4.38. The van der Waals surface area contributed by atoms with Gasteiger partial charge in [-0.2, -0.15) is 8.42 Å². The van der Waals surface area contributed by atoms with Gasteiger partial charge in [0.15, 0.2) is 0 Å². The van der Waals surface area contributed by atoms with Crippen molar-refractivity contribution in [1.29, 1.82) is 0 Å². The molecule has 0 bridgehead atoms. The third kappa shape index (κ3) is 2.50. The maximum Gasteiger partial charge on any atom is 0.336 e. The lowest BCUT2D eigenvalue weighted by Gasteiger charge is -2.07. The zero-order valence-corrected chi connectivity index (χ0v) is 10.3. The summed E-state index contributed by atoms with van der Waals surface area (Å²) in [7, 11) is -3.88. The molecule has 0 aliphatic rings. The van der Waals surface area contributed by atoms with E-state index in [2.05, 4.69) is 20.7 Å². The second-order valence-corrected chi connectivity index (χ2v) is 4.90. The van der Waals surface area contributed by atoms with E-state index in [1.54, 1.807) is 0 Å². The smallest absolute Gasteiger partial charge is 0.336 e. The van der Waals surface area contributed by atoms with E-state index in [-0.39, 0.29) is 15.8 Å². The lowest BCUT2D eigenvalue weighted by Crippen LogP contribution is -2.03. The van der Waals surface area contributed by atoms with Gasteiger partial charge in [-0.15, -0.1) is 3.89 Å². The molecule has 88 valence electrons. The SMILES string of the molecule is COc1cc(Br)c(C(=O)O)cc1S(=O)(=O)F. The lowest BCUT2D eigenvalue weighted by atomic mass is 10.2. The highest BCUT2D eigenvalue weighted by Crippen LogP contribution is 2.31. The molecule has 1 N–H and O–H groups in total. The number of ether oxygens (including phenoxy) is 1. The molecule has 0 aliphatic carbocycles. The van der Waals surface area contributed by atoms with E-state index in [1.807, 2.05) is 0 Å². The minimum Gasteiger partial charge on any atom is -0.495 e. The number of hydrogen-bond donors (Lipinski definition) is 1. The predicted octanol–water partition coefficient (Wildman–Crippen LogP) is 1.81. The van der Waals surface area contributed by atoms with Gasteiger partial charge in [0.1, 0.15) is 10.6 Å². The summed E-state index contributed by atoms with van der Waals surface area (Å²) in [5.74, 6) is -1.64. The van der Waals surface area contributed by atoms with Crippen molar-refractivity contribution >= 4 is 32.1 Å². The number of hydrogen-bond acceptors (Lipinski definition) is 4. The van der Waals surface area contributed by atoms with Crippen LogP contribution in [0, 0.1) is 0 Å². The predicted molar refractivity (Wildman–Crippen MR) is 55.9 cm³/mol. The Morgan fingerprint density at radius 2 is 2.06 bits per heavy atom. The van der Waals surface area contributed by atoms with E-state index >= 15 is 0 Å². The fourth-order valence-electron chi connectivity index (χ4n) is 1.05. The molecule has 1 rings (SSSR count). The summed E-state index contributed by atoms with van der Waals surface area (Å²) in [6.07, 6.45) is 0. The summed E-state index contributed by atoms with van der Waals surface area (Å²) in [6, 6.07) is 1.77. The molecule has 0 saturated heterocycles. The van der Waals surface area contributed by atoms with Gasteiger partial charge >= 0.3 is 16.2 Å². The molecule has 1 aromatic rings. The van der Waals surface area contributed by atoms with E-state index in [1.165, 1.54) is 0 Å². The van der Waals surface area contributed by atoms with Gasteiger partial charge in [0, 0.05) is 4.47 Å². The highest BCUT2D eigenvalue weighted by atomic mass is 79.9. The minimum absolute atomic E-state index is 0.101. The maximum absolute atomic E-state index is 12.8. The fourth-order valence-corrected chi connectivity index (χ4v) is 2.18. The van der Waals surface area contributed by atoms with Crippen LogP contribution in [-0.4, -0.2) is 26.6 Å². The minimum atomic E-state index is -5.03. The molecule has 0 fully saturated rings. The van der Waals surface area contributed by atoms with Crippen molar-refractivity contribution in [1.82, 2.24) is 0 Å². The first-order valence-electron chi connectivity index (χ1n) is 3.83. The number of carboxylic acid groups (broad SMARTS) is 1. The maximum atomic E-state index is 12.8. The third-order valence-electron chi connectivity index (χ3n) is 1.75. The molecular formula is C8H6BrFO5S. The zero-order chi connectivity index (χ0) is 12.5. The number of carbonyl (C=O) groups is 1. The molecule has 5 nitrogen and oxygen atoms in total. The van der Waals surface area contributed by atoms with Gasteiger partial charge in [0.05, 0.1) is 12.7 Å². The zero-order valence-electron chi connectivity index (χ0n) is 7.90. The van der Waals surface area contributed by atoms with Crippen LogP contribution in [0.1, 0.15) is 10.4 Å². The molecular weight excluding hydrogens is 307 g/mol. The topological polar surface area (TPSA) is 80.7 Å². The summed E-state index contributed by atoms with van der Waals surface area (Å²) in [5.41, 5.74) is -0.364. The van der Waals surface area contributed by atoms with Gasteiger partial charge in [0.2, 0.25) is 0 Å². The van der Waals surface area contributed by atoms with Crippen molar-refractivity contribution in [3.63, 3.8) is 0 Å². The van der Waals surface area contributed by atoms with Gasteiger partial charge in [0.25, 0.3) is 0 Å². The standard InChI is InChI=1S/C8H6BrFO5S/c1-15-6-3-5(9)4(8(11)12)2-7(6)16(10,13)14/h2-3H,1H3,(H,11,12). The van der Waals surface area contributed by atoms with Crippen LogP contribution in [0.15, 0.2) is 21.5 Å². The Kier molecular flexibility index (Phi) is 3.54. The molecule has 0 radical (unpaired) electrons. The lowest BCUT2D eigenvalue weighted by molar-refractivity contribution is 0.0695. The Morgan fingerprint density at radius 3 is 2.44 bits per heavy atom. The van der Waals surface area contributed by atoms with E-state index in [9.17, 15) is 17.1 Å². The van der Waals surface area contributed by atoms with Crippen LogP contribution in [0.5, 0.6) is 5.75 Å². The monoisotopic (exact) mass is 312 g/mol. The van der Waals surface area contributed by atoms with Crippen molar-refractivity contribution in [2.75, 3.05) is 7.11 Å². The highest BCUT2D eigenvalue weighted by molar-refractivity contribution is 9.10. The Balaban J connectivity index is 3.60. The van der Waals surface area contributed by atoms with Crippen LogP contribution in [0.3, 0.4) is 0 Å². The molecule has 0 atom stereocenters. The molecule has 0 unspecified atom stereocenters.